The average Bonchev–Trinajstić information content (AvgIpc) is 2.67. The largest absolute Gasteiger partial charge is 0.478 e. The Morgan fingerprint density at radius 2 is 2.05 bits per heavy atom. The van der Waals surface area contributed by atoms with Crippen LogP contribution in [-0.4, -0.2) is 21.0 Å². The lowest BCUT2D eigenvalue weighted by molar-refractivity contribution is 0.0697. The summed E-state index contributed by atoms with van der Waals surface area (Å²) in [5, 5.41) is 13.1. The van der Waals surface area contributed by atoms with Gasteiger partial charge in [0.2, 0.25) is 0 Å². The normalized spacial score (nSPS) is 10.6. The van der Waals surface area contributed by atoms with Crippen LogP contribution in [0, 0.1) is 20.8 Å². The molecule has 0 spiro atoms. The van der Waals surface area contributed by atoms with E-state index in [1.807, 2.05) is 20.8 Å². The highest BCUT2D eigenvalue weighted by molar-refractivity contribution is 7.15. The summed E-state index contributed by atoms with van der Waals surface area (Å²) in [6.07, 6.45) is 0.857. The number of aromatic nitrogens is 2. The van der Waals surface area contributed by atoms with Crippen LogP contribution in [0.25, 0.3) is 0 Å². The summed E-state index contributed by atoms with van der Waals surface area (Å²) < 4.78 is 0. The highest BCUT2D eigenvalue weighted by Gasteiger charge is 2.17. The molecular weight excluding hydrogens is 274 g/mol. The molecule has 2 aromatic rings. The average molecular weight is 291 g/mol. The van der Waals surface area contributed by atoms with E-state index in [0.29, 0.717) is 16.5 Å². The van der Waals surface area contributed by atoms with Crippen LogP contribution in [0.15, 0.2) is 6.07 Å². The van der Waals surface area contributed by atoms with Gasteiger partial charge in [-0.25, -0.2) is 14.8 Å². The maximum Gasteiger partial charge on any atom is 0.339 e. The minimum absolute atomic E-state index is 0.196. The molecule has 0 saturated carbocycles. The van der Waals surface area contributed by atoms with Gasteiger partial charge in [0.25, 0.3) is 0 Å². The maximum atomic E-state index is 11.4. The fourth-order valence-corrected chi connectivity index (χ4v) is 3.01. The van der Waals surface area contributed by atoms with Crippen molar-refractivity contribution in [3.8, 4) is 0 Å². The Hall–Kier alpha value is -1.95. The van der Waals surface area contributed by atoms with Gasteiger partial charge in [0.05, 0.1) is 5.69 Å². The molecule has 0 fully saturated rings. The number of hydrogen-bond acceptors (Lipinski definition) is 5. The molecular formula is C14H17N3O2S. The van der Waals surface area contributed by atoms with Gasteiger partial charge >= 0.3 is 5.97 Å². The van der Waals surface area contributed by atoms with Gasteiger partial charge in [-0.05, 0) is 38.8 Å². The lowest BCUT2D eigenvalue weighted by atomic mass is 10.1. The third-order valence-corrected chi connectivity index (χ3v) is 3.94. The number of carbonyl (C=O) groups is 1. The molecule has 2 rings (SSSR count). The van der Waals surface area contributed by atoms with Crippen molar-refractivity contribution in [1.82, 2.24) is 9.97 Å². The molecule has 0 unspecified atom stereocenters. The van der Waals surface area contributed by atoms with Crippen LogP contribution in [0.3, 0.4) is 0 Å². The zero-order valence-corrected chi connectivity index (χ0v) is 12.8. The van der Waals surface area contributed by atoms with Crippen LogP contribution in [0.1, 0.15) is 39.1 Å². The molecule has 106 valence electrons. The van der Waals surface area contributed by atoms with Crippen molar-refractivity contribution < 1.29 is 9.90 Å². The molecule has 0 atom stereocenters. The van der Waals surface area contributed by atoms with E-state index in [1.165, 1.54) is 11.3 Å². The first-order chi connectivity index (χ1) is 9.42. The van der Waals surface area contributed by atoms with Crippen LogP contribution >= 0.6 is 11.3 Å². The van der Waals surface area contributed by atoms with Crippen molar-refractivity contribution >= 4 is 28.3 Å². The van der Waals surface area contributed by atoms with E-state index in [4.69, 9.17) is 0 Å². The number of nitrogens with one attached hydrogen (secondary N) is 1. The van der Waals surface area contributed by atoms with Gasteiger partial charge in [-0.3, -0.25) is 0 Å². The van der Waals surface area contributed by atoms with Crippen molar-refractivity contribution in [3.63, 3.8) is 0 Å². The summed E-state index contributed by atoms with van der Waals surface area (Å²) in [4.78, 5) is 21.3. The van der Waals surface area contributed by atoms with E-state index in [-0.39, 0.29) is 5.56 Å². The summed E-state index contributed by atoms with van der Waals surface area (Å²) in [5.41, 5.74) is 2.69. The molecule has 2 N–H and O–H groups in total. The number of carboxylic acids is 1. The molecule has 2 heterocycles. The Labute approximate surface area is 121 Å². The first-order valence-electron chi connectivity index (χ1n) is 6.37. The van der Waals surface area contributed by atoms with Gasteiger partial charge < -0.3 is 10.4 Å². The van der Waals surface area contributed by atoms with Gasteiger partial charge in [0, 0.05) is 10.6 Å². The topological polar surface area (TPSA) is 75.1 Å². The Bertz CT molecular complexity index is 665. The van der Waals surface area contributed by atoms with Crippen molar-refractivity contribution in [3.05, 3.63) is 33.5 Å². The summed E-state index contributed by atoms with van der Waals surface area (Å²) in [5.74, 6) is -0.632. The van der Waals surface area contributed by atoms with Gasteiger partial charge in [-0.1, -0.05) is 6.92 Å². The summed E-state index contributed by atoms with van der Waals surface area (Å²) >= 11 is 1.51. The number of pyridine rings is 1. The van der Waals surface area contributed by atoms with E-state index in [9.17, 15) is 9.90 Å². The Kier molecular flexibility index (Phi) is 4.04. The van der Waals surface area contributed by atoms with Crippen molar-refractivity contribution in [2.75, 3.05) is 5.32 Å². The second-order valence-electron chi connectivity index (χ2n) is 4.61. The minimum Gasteiger partial charge on any atom is -0.478 e. The van der Waals surface area contributed by atoms with Gasteiger partial charge in [0.15, 0.2) is 5.13 Å². The molecule has 0 aliphatic rings. The lowest BCUT2D eigenvalue weighted by Gasteiger charge is -2.09. The zero-order valence-electron chi connectivity index (χ0n) is 11.9. The van der Waals surface area contributed by atoms with E-state index in [0.717, 1.165) is 22.7 Å². The van der Waals surface area contributed by atoms with E-state index in [2.05, 4.69) is 15.3 Å². The third kappa shape index (κ3) is 2.80. The number of nitrogens with zero attached hydrogens (tertiary/aromatic N) is 2. The monoisotopic (exact) mass is 291 g/mol. The van der Waals surface area contributed by atoms with Crippen molar-refractivity contribution in [2.45, 2.75) is 34.1 Å². The van der Waals surface area contributed by atoms with E-state index in [1.54, 1.807) is 13.0 Å². The SMILES string of the molecule is CCc1nc(Nc2nc(C)cc(C)c2C(=O)O)sc1C. The number of aromatic carboxylic acids is 1. The van der Waals surface area contributed by atoms with Crippen LogP contribution in [0.5, 0.6) is 0 Å². The highest BCUT2D eigenvalue weighted by Crippen LogP contribution is 2.27. The zero-order chi connectivity index (χ0) is 14.9. The smallest absolute Gasteiger partial charge is 0.339 e. The second kappa shape index (κ2) is 5.58. The number of anilines is 2. The maximum absolute atomic E-state index is 11.4. The molecule has 0 aromatic carbocycles. The molecule has 0 radical (unpaired) electrons. The quantitative estimate of drug-likeness (QED) is 0.902. The first kappa shape index (κ1) is 14.5. The number of aryl methyl sites for hydroxylation is 4. The summed E-state index contributed by atoms with van der Waals surface area (Å²) in [6.45, 7) is 7.67. The van der Waals surface area contributed by atoms with Gasteiger partial charge in [-0.2, -0.15) is 0 Å². The molecule has 20 heavy (non-hydrogen) atoms. The fraction of sp³-hybridized carbons (Fsp3) is 0.357. The third-order valence-electron chi connectivity index (χ3n) is 3.01. The predicted octanol–water partition coefficient (Wildman–Crippen LogP) is 3.47. The number of hydrogen-bond donors (Lipinski definition) is 2. The van der Waals surface area contributed by atoms with Crippen LogP contribution in [0.2, 0.25) is 0 Å². The Morgan fingerprint density at radius 3 is 2.60 bits per heavy atom. The minimum atomic E-state index is -0.985. The number of thiazole rings is 1. The molecule has 0 aliphatic carbocycles. The number of carboxylic acid groups (broad SMARTS) is 1. The van der Waals surface area contributed by atoms with Crippen molar-refractivity contribution in [1.29, 1.82) is 0 Å². The molecule has 0 bridgehead atoms. The molecule has 0 aliphatic heterocycles. The summed E-state index contributed by atoms with van der Waals surface area (Å²) in [7, 11) is 0. The van der Waals surface area contributed by atoms with Crippen LogP contribution < -0.4 is 5.32 Å². The van der Waals surface area contributed by atoms with Gasteiger partial charge in [0.1, 0.15) is 11.4 Å². The molecule has 0 saturated heterocycles. The molecule has 6 heteroatoms. The number of rotatable bonds is 4. The Morgan fingerprint density at radius 1 is 1.35 bits per heavy atom. The highest BCUT2D eigenvalue weighted by atomic mass is 32.1. The fourth-order valence-electron chi connectivity index (χ4n) is 2.11. The van der Waals surface area contributed by atoms with Crippen LogP contribution in [-0.2, 0) is 6.42 Å². The van der Waals surface area contributed by atoms with Gasteiger partial charge in [-0.15, -0.1) is 11.3 Å². The van der Waals surface area contributed by atoms with Crippen molar-refractivity contribution in [2.24, 2.45) is 0 Å². The molecule has 5 nitrogen and oxygen atoms in total. The predicted molar refractivity (Wildman–Crippen MR) is 80.2 cm³/mol. The molecule has 2 aromatic heterocycles. The molecule has 0 amide bonds. The lowest BCUT2D eigenvalue weighted by Crippen LogP contribution is -2.08. The summed E-state index contributed by atoms with van der Waals surface area (Å²) in [6, 6.07) is 1.76. The van der Waals surface area contributed by atoms with Crippen LogP contribution in [0.4, 0.5) is 10.9 Å². The van der Waals surface area contributed by atoms with E-state index >= 15 is 0 Å². The second-order valence-corrected chi connectivity index (χ2v) is 5.81. The van der Waals surface area contributed by atoms with E-state index < -0.39 is 5.97 Å². The Balaban J connectivity index is 2.44. The standard InChI is InChI=1S/C14H17N3O2S/c1-5-10-9(4)20-14(16-10)17-12-11(13(18)19)7(2)6-8(3)15-12/h6H,5H2,1-4H3,(H,18,19)(H,15,16,17). The first-order valence-corrected chi connectivity index (χ1v) is 7.18.